The number of piperidine rings is 4. The maximum absolute atomic E-state index is 15.0. The molecule has 4 fully saturated rings. The molecule has 8 aromatic heterocycles. The van der Waals surface area contributed by atoms with Gasteiger partial charge in [-0.2, -0.15) is 20.4 Å². The van der Waals surface area contributed by atoms with Crippen molar-refractivity contribution in [3.63, 3.8) is 0 Å². The number of H-pyrrole nitrogens is 4. The fraction of sp³-hybridized carbons (Fsp3) is 0.289. The third-order valence-electron chi connectivity index (χ3n) is 26.8. The van der Waals surface area contributed by atoms with Crippen LogP contribution in [0.1, 0.15) is 224 Å². The largest absolute Gasteiger partial charge is 0.486 e. The van der Waals surface area contributed by atoms with Crippen LogP contribution in [0.3, 0.4) is 0 Å². The number of likely N-dealkylation sites (tertiary alicyclic amines) is 4. The number of ether oxygens (including phenoxy) is 4. The SMILES string of the molecule is CC(Oc1ccc2[nH]nc(/C=C/c3cc(F)c(CN4CCCCC4)c(F)c3)c2c1)c1c(Cl)cncc1Cl.CC(Oc1ccc2[nH]nc(/C=C/c3cc(N)c(CN4CCCCC4)cc3F)c2c1)c1c(Cl)cncc1Cl.Cc1cc(/C=C/c2n[nH]c3ccc(OC(C)c4c(Cl)cncc4Cl)cc23)ccc1CN1CCCCC1.[C-]#[N+]c1cc(CN2CCCCC2)ccc1/C=C/c1n[nH]c2ccc(OC(C)c3c(Cl)cncc3Cl)cc12. The van der Waals surface area contributed by atoms with Gasteiger partial charge < -0.3 is 24.7 Å². The molecule has 6 N–H and O–H groups in total. The van der Waals surface area contributed by atoms with E-state index in [4.69, 9.17) is 124 Å². The average molecular weight is 2140 g/mol. The minimum atomic E-state index is -0.532. The summed E-state index contributed by atoms with van der Waals surface area (Å²) in [5.41, 5.74) is 24.4. The summed E-state index contributed by atoms with van der Waals surface area (Å²) < 4.78 is 69.1. The Bertz CT molecular complexity index is 7420. The summed E-state index contributed by atoms with van der Waals surface area (Å²) in [5.74, 6) is 1.24. The molecular formula is C114H111Cl8F3N18O4. The quantitative estimate of drug-likeness (QED) is 0.0226. The maximum Gasteiger partial charge on any atom is 0.194 e. The Kier molecular flexibility index (Phi) is 36.1. The highest BCUT2D eigenvalue weighted by Gasteiger charge is 2.26. The minimum absolute atomic E-state index is 0.120. The Morgan fingerprint density at radius 1 is 0.347 bits per heavy atom. The Morgan fingerprint density at radius 2 is 0.673 bits per heavy atom. The van der Waals surface area contributed by atoms with Crippen molar-refractivity contribution < 1.29 is 32.1 Å². The zero-order valence-corrected chi connectivity index (χ0v) is 87.9. The van der Waals surface area contributed by atoms with Crippen LogP contribution in [0.15, 0.2) is 183 Å². The molecule has 20 rings (SSSR count). The highest BCUT2D eigenvalue weighted by molar-refractivity contribution is 6.37. The number of nitrogens with zero attached hydrogens (tertiary/aromatic N) is 13. The molecule has 4 atom stereocenters. The molecule has 4 unspecified atom stereocenters. The molecule has 0 bridgehead atoms. The van der Waals surface area contributed by atoms with Crippen LogP contribution < -0.4 is 24.7 Å². The lowest BCUT2D eigenvalue weighted by molar-refractivity contribution is 0.215. The number of halogens is 11. The van der Waals surface area contributed by atoms with Crippen molar-refractivity contribution in [3.8, 4) is 23.0 Å². The number of fused-ring (bicyclic) bond motifs is 4. The number of anilines is 1. The number of aromatic nitrogens is 12. The van der Waals surface area contributed by atoms with Crippen LogP contribution in [0.5, 0.6) is 23.0 Å². The number of rotatable bonds is 28. The third-order valence-corrected chi connectivity index (χ3v) is 29.2. The molecule has 0 aliphatic carbocycles. The standard InChI is InChI=1S/C29H27Cl2N5O.C29H30Cl2N4O.C28H26Cl2F2N4O.C28H28Cl2FN5O/c1-19(29-24(30)16-33-17-25(29)31)37-22-9-11-27-23(15-22)26(34-35-27)10-8-21-7-6-20(14-28(21)32-2)18-36-12-4-3-5-13-36;1-19-14-21(6-8-22(19)18-35-12-4-3-5-13-35)7-10-27-24-15-23(9-11-28(24)34-33-27)36-20(2)29-25(30)16-32-17-26(29)31;1-17(28-22(29)14-33-15-23(28)30)37-19-6-8-27-20(13-19)26(34-35-27)7-5-18-11-24(31)21(25(32)12-18)16-36-9-3-2-4-10-36;1-17(28-22(29)14-33-15-23(28)30)37-20-6-8-27-21(13-20)26(34-35-27)7-5-18-12-25(32)19(11-24(18)31)16-36-9-3-2-4-10-36/h6-11,14-17,19H,3-5,12-13,18H2,1H3,(H,34,35);6-11,14-17,20H,3-5,12-13,18H2,1-2H3,(H,33,34);5-8,11-15,17H,2-4,9-10,16H2,1H3,(H,34,35);5-8,11-15,17H,2-4,9-10,16,32H2,1H3,(H,34,35)/b10-8+;10-7+;2*7-5+. The summed E-state index contributed by atoms with van der Waals surface area (Å²) in [6.45, 7) is 28.8. The van der Waals surface area contributed by atoms with Crippen LogP contribution in [-0.4, -0.2) is 133 Å². The maximum atomic E-state index is 15.0. The zero-order valence-electron chi connectivity index (χ0n) is 81.9. The summed E-state index contributed by atoms with van der Waals surface area (Å²) >= 11 is 50.3. The van der Waals surface area contributed by atoms with E-state index in [1.807, 2.05) is 131 Å². The number of nitrogen functional groups attached to an aromatic ring is 1. The second-order valence-corrected chi connectivity index (χ2v) is 40.5. The van der Waals surface area contributed by atoms with Crippen molar-refractivity contribution in [1.82, 2.24) is 80.3 Å². The first-order valence-electron chi connectivity index (χ1n) is 49.3. The van der Waals surface area contributed by atoms with Crippen LogP contribution >= 0.6 is 92.8 Å². The molecule has 33 heteroatoms. The van der Waals surface area contributed by atoms with Crippen LogP contribution in [0.2, 0.25) is 40.2 Å². The molecule has 4 saturated heterocycles. The number of hydrogen-bond donors (Lipinski definition) is 5. The number of nitrogens with two attached hydrogens (primary N) is 1. The monoisotopic (exact) mass is 2130 g/mol. The fourth-order valence-electron chi connectivity index (χ4n) is 19.0. The van der Waals surface area contributed by atoms with Crippen LogP contribution in [0, 0.1) is 30.9 Å². The van der Waals surface area contributed by atoms with Gasteiger partial charge in [0.2, 0.25) is 0 Å². The fourth-order valence-corrected chi connectivity index (χ4v) is 21.7. The van der Waals surface area contributed by atoms with Crippen LogP contribution in [0.25, 0.3) is 97.1 Å². The van der Waals surface area contributed by atoms with E-state index in [0.717, 1.165) is 142 Å². The van der Waals surface area contributed by atoms with Gasteiger partial charge in [-0.3, -0.25) is 59.9 Å². The molecule has 22 nitrogen and oxygen atoms in total. The molecule has 0 radical (unpaired) electrons. The van der Waals surface area contributed by atoms with Crippen molar-refractivity contribution in [2.45, 2.75) is 162 Å². The summed E-state index contributed by atoms with van der Waals surface area (Å²) in [7, 11) is 0. The van der Waals surface area contributed by atoms with E-state index < -0.39 is 23.8 Å². The van der Waals surface area contributed by atoms with E-state index in [1.54, 1.807) is 61.2 Å². The van der Waals surface area contributed by atoms with E-state index in [9.17, 15) is 13.2 Å². The number of hydrogen-bond acceptors (Lipinski definition) is 17. The van der Waals surface area contributed by atoms with E-state index in [1.165, 1.54) is 131 Å². The first-order valence-corrected chi connectivity index (χ1v) is 52.3. The van der Waals surface area contributed by atoms with Gasteiger partial charge in [0.15, 0.2) is 5.69 Å². The van der Waals surface area contributed by atoms with E-state index in [2.05, 4.69) is 122 Å². The number of aromatic amines is 4. The lowest BCUT2D eigenvalue weighted by atomic mass is 10.0. The van der Waals surface area contributed by atoms with E-state index in [0.29, 0.717) is 127 Å². The van der Waals surface area contributed by atoms with Crippen molar-refractivity contribution in [2.24, 2.45) is 0 Å². The highest BCUT2D eigenvalue weighted by atomic mass is 35.5. The normalized spacial score (nSPS) is 15.4. The summed E-state index contributed by atoms with van der Waals surface area (Å²) in [4.78, 5) is 29.2. The molecule has 16 aromatic rings. The topological polar surface area (TPSA) is 247 Å². The van der Waals surface area contributed by atoms with Gasteiger partial charge in [-0.25, -0.2) is 18.0 Å². The van der Waals surface area contributed by atoms with E-state index >= 15 is 0 Å². The zero-order chi connectivity index (χ0) is 103. The Hall–Kier alpha value is -12.4. The second-order valence-electron chi connectivity index (χ2n) is 37.3. The lowest BCUT2D eigenvalue weighted by Crippen LogP contribution is -2.29. The second kappa shape index (κ2) is 50.1. The molecule has 147 heavy (non-hydrogen) atoms. The van der Waals surface area contributed by atoms with Gasteiger partial charge in [0.1, 0.15) is 64.9 Å². The Balaban J connectivity index is 0.000000134. The van der Waals surface area contributed by atoms with Gasteiger partial charge in [0.25, 0.3) is 0 Å². The van der Waals surface area contributed by atoms with Crippen molar-refractivity contribution >= 4 is 196 Å². The molecule has 4 aliphatic rings. The average Bonchev–Trinajstić information content (AvgIpc) is 1.67. The van der Waals surface area contributed by atoms with Crippen LogP contribution in [0.4, 0.5) is 24.5 Å². The predicted octanol–water partition coefficient (Wildman–Crippen LogP) is 31.1. The predicted molar refractivity (Wildman–Crippen MR) is 591 cm³/mol. The highest BCUT2D eigenvalue weighted by Crippen LogP contribution is 2.42. The Morgan fingerprint density at radius 3 is 1.03 bits per heavy atom. The first-order chi connectivity index (χ1) is 71.3. The van der Waals surface area contributed by atoms with Gasteiger partial charge in [-0.05, 0) is 305 Å². The Labute approximate surface area is 892 Å². The summed E-state index contributed by atoms with van der Waals surface area (Å²) in [6, 6.07) is 41.6. The molecule has 4 aliphatic heterocycles. The van der Waals surface area contributed by atoms with E-state index in [-0.39, 0.29) is 23.6 Å². The van der Waals surface area contributed by atoms with Crippen molar-refractivity contribution in [1.29, 1.82) is 0 Å². The number of pyridine rings is 4. The molecule has 0 spiro atoms. The van der Waals surface area contributed by atoms with Crippen LogP contribution in [-0.2, 0) is 26.2 Å². The lowest BCUT2D eigenvalue weighted by Gasteiger charge is -2.27. The van der Waals surface area contributed by atoms with Gasteiger partial charge in [0.05, 0.1) is 91.6 Å². The third kappa shape index (κ3) is 27.2. The molecule has 0 saturated carbocycles. The van der Waals surface area contributed by atoms with Gasteiger partial charge >= 0.3 is 0 Å². The first kappa shape index (κ1) is 106. The molecule has 12 heterocycles. The number of nitrogens with one attached hydrogen (secondary N) is 4. The number of aryl methyl sites for hydroxylation is 1. The molecular weight excluding hydrogens is 2030 g/mol. The smallest absolute Gasteiger partial charge is 0.194 e. The van der Waals surface area contributed by atoms with Crippen molar-refractivity contribution in [3.05, 3.63) is 347 Å². The number of benzene rings is 8. The summed E-state index contributed by atoms with van der Waals surface area (Å²) in [5, 5.41) is 37.0. The van der Waals surface area contributed by atoms with Gasteiger partial charge in [0, 0.05) is 136 Å². The minimum Gasteiger partial charge on any atom is -0.486 e. The van der Waals surface area contributed by atoms with Gasteiger partial charge in [-0.1, -0.05) is 173 Å². The molecule has 0 amide bonds. The molecule has 758 valence electrons. The van der Waals surface area contributed by atoms with Crippen molar-refractivity contribution in [2.75, 3.05) is 58.1 Å². The molecule has 8 aromatic carbocycles. The van der Waals surface area contributed by atoms with Gasteiger partial charge in [-0.15, -0.1) is 0 Å². The summed E-state index contributed by atoms with van der Waals surface area (Å²) in [6.07, 6.45) is 40.5.